The van der Waals surface area contributed by atoms with Crippen LogP contribution in [0.15, 0.2) is 0 Å². The van der Waals surface area contributed by atoms with Crippen LogP contribution in [-0.4, -0.2) is 35.9 Å². The fraction of sp³-hybridized carbons (Fsp3) is 1.00. The Bertz CT molecular complexity index is 314. The fourth-order valence-corrected chi connectivity index (χ4v) is 1.17. The Kier molecular flexibility index (Phi) is 4.74. The predicted octanol–water partition coefficient (Wildman–Crippen LogP) is 4.57. The zero-order chi connectivity index (χ0) is 16.8. The van der Waals surface area contributed by atoms with Crippen molar-refractivity contribution in [2.75, 3.05) is 0 Å². The van der Waals surface area contributed by atoms with Gasteiger partial charge in [0.05, 0.1) is 6.10 Å². The van der Waals surface area contributed by atoms with Gasteiger partial charge in [0.1, 0.15) is 0 Å². The fourth-order valence-electron chi connectivity index (χ4n) is 1.17. The molecule has 0 radical (unpaired) electrons. The lowest BCUT2D eigenvalue weighted by molar-refractivity contribution is -0.443. The Hall–Kier alpha value is -0.740. The zero-order valence-corrected chi connectivity index (χ0v) is 10.3. The van der Waals surface area contributed by atoms with Gasteiger partial charge in [-0.2, -0.15) is 35.1 Å². The van der Waals surface area contributed by atoms with Crippen LogP contribution in [0.1, 0.15) is 20.8 Å². The van der Waals surface area contributed by atoms with Crippen molar-refractivity contribution in [1.29, 1.82) is 0 Å². The topological polar surface area (TPSA) is 9.23 Å². The van der Waals surface area contributed by atoms with Crippen LogP contribution in [0.3, 0.4) is 0 Å². The number of rotatable bonds is 4. The van der Waals surface area contributed by atoms with Crippen LogP contribution in [-0.2, 0) is 4.74 Å². The molecule has 0 aliphatic rings. The minimum absolute atomic E-state index is 0.674. The van der Waals surface area contributed by atoms with Crippen molar-refractivity contribution in [2.45, 2.75) is 56.7 Å². The minimum atomic E-state index is -6.78. The third-order valence-corrected chi connectivity index (χ3v) is 2.29. The molecule has 0 aliphatic carbocycles. The highest BCUT2D eigenvalue weighted by Crippen LogP contribution is 2.56. The van der Waals surface area contributed by atoms with E-state index in [1.165, 1.54) is 0 Å². The molecule has 0 saturated heterocycles. The second-order valence-corrected chi connectivity index (χ2v) is 4.33. The molecule has 0 aromatic heterocycles. The van der Waals surface area contributed by atoms with Gasteiger partial charge < -0.3 is 4.74 Å². The summed E-state index contributed by atoms with van der Waals surface area (Å²) < 4.78 is 130. The molecule has 0 spiro atoms. The molecule has 20 heavy (non-hydrogen) atoms. The molecular weight excluding hydrogens is 314 g/mol. The van der Waals surface area contributed by atoms with E-state index in [4.69, 9.17) is 0 Å². The molecule has 2 unspecified atom stereocenters. The smallest absolute Gasteiger partial charge is 0.335 e. The third-order valence-electron chi connectivity index (χ3n) is 2.29. The summed E-state index contributed by atoms with van der Waals surface area (Å²) in [6, 6.07) is 0. The lowest BCUT2D eigenvalue weighted by atomic mass is 9.91. The van der Waals surface area contributed by atoms with Gasteiger partial charge in [-0.25, -0.2) is 8.78 Å². The van der Waals surface area contributed by atoms with Gasteiger partial charge in [-0.05, 0) is 20.8 Å². The van der Waals surface area contributed by atoms with Crippen LogP contribution in [0.4, 0.5) is 43.9 Å². The molecule has 122 valence electrons. The normalized spacial score (nSPS) is 20.7. The Balaban J connectivity index is 6.16. The van der Waals surface area contributed by atoms with Crippen molar-refractivity contribution in [2.24, 2.45) is 0 Å². The highest BCUT2D eigenvalue weighted by atomic mass is 19.4. The number of hydrogen-bond acceptors (Lipinski definition) is 1. The second-order valence-electron chi connectivity index (χ2n) is 4.33. The average molecular weight is 324 g/mol. The molecular formula is C9H10F10O. The van der Waals surface area contributed by atoms with Crippen LogP contribution < -0.4 is 0 Å². The minimum Gasteiger partial charge on any atom is -0.335 e. The Morgan fingerprint density at radius 2 is 1.05 bits per heavy atom. The van der Waals surface area contributed by atoms with Crippen molar-refractivity contribution in [3.63, 3.8) is 0 Å². The Morgan fingerprint density at radius 1 is 0.700 bits per heavy atom. The molecule has 0 rings (SSSR count). The summed E-state index contributed by atoms with van der Waals surface area (Å²) in [6.45, 7) is 0.565. The number of hydrogen-bond donors (Lipinski definition) is 0. The van der Waals surface area contributed by atoms with Crippen LogP contribution in [0.25, 0.3) is 0 Å². The maximum atomic E-state index is 13.8. The number of alkyl halides is 10. The standard InChI is InChI=1S/C9H10F10O/c1-4(2)20-7(13,5(3,10)8(14,15)16)6(11,12)9(17,18)19/h4H,1-3H3. The first-order valence-corrected chi connectivity index (χ1v) is 4.98. The molecule has 1 nitrogen and oxygen atoms in total. The SMILES string of the molecule is CC(C)OC(F)(C(C)(F)C(F)(F)F)C(F)(F)C(F)(F)F. The van der Waals surface area contributed by atoms with E-state index in [-0.39, 0.29) is 0 Å². The summed E-state index contributed by atoms with van der Waals surface area (Å²) in [5.41, 5.74) is -5.59. The van der Waals surface area contributed by atoms with E-state index in [1.807, 2.05) is 0 Å². The largest absolute Gasteiger partial charge is 0.459 e. The maximum absolute atomic E-state index is 13.8. The first-order valence-electron chi connectivity index (χ1n) is 4.98. The Labute approximate surface area is 106 Å². The molecule has 0 fully saturated rings. The number of ether oxygens (including phenoxy) is 1. The lowest BCUT2D eigenvalue weighted by Gasteiger charge is -2.42. The van der Waals surface area contributed by atoms with Crippen LogP contribution in [0.5, 0.6) is 0 Å². The van der Waals surface area contributed by atoms with E-state index in [0.29, 0.717) is 13.8 Å². The highest BCUT2D eigenvalue weighted by molar-refractivity contribution is 5.07. The molecule has 11 heteroatoms. The van der Waals surface area contributed by atoms with Crippen molar-refractivity contribution < 1.29 is 48.6 Å². The van der Waals surface area contributed by atoms with Gasteiger partial charge in [0.15, 0.2) is 0 Å². The van der Waals surface area contributed by atoms with Crippen LogP contribution in [0.2, 0.25) is 0 Å². The molecule has 0 saturated carbocycles. The molecule has 0 aromatic rings. The first kappa shape index (κ1) is 19.3. The van der Waals surface area contributed by atoms with Crippen molar-refractivity contribution in [1.82, 2.24) is 0 Å². The quantitative estimate of drug-likeness (QED) is 0.689. The molecule has 0 heterocycles. The van der Waals surface area contributed by atoms with Crippen molar-refractivity contribution in [3.8, 4) is 0 Å². The summed E-state index contributed by atoms with van der Waals surface area (Å²) >= 11 is 0. The molecule has 0 N–H and O–H groups in total. The summed E-state index contributed by atoms with van der Waals surface area (Å²) in [5, 5.41) is 0. The summed E-state index contributed by atoms with van der Waals surface area (Å²) in [7, 11) is 0. The summed E-state index contributed by atoms with van der Waals surface area (Å²) in [6.07, 6.45) is -15.0. The van der Waals surface area contributed by atoms with Gasteiger partial charge in [0.2, 0.25) is 0 Å². The second kappa shape index (κ2) is 4.92. The highest BCUT2D eigenvalue weighted by Gasteiger charge is 2.84. The van der Waals surface area contributed by atoms with E-state index >= 15 is 0 Å². The molecule has 0 aliphatic heterocycles. The summed E-state index contributed by atoms with van der Waals surface area (Å²) in [5.74, 6) is -12.7. The zero-order valence-electron chi connectivity index (χ0n) is 10.3. The number of halogens is 10. The maximum Gasteiger partial charge on any atom is 0.459 e. The molecule has 0 aromatic carbocycles. The monoisotopic (exact) mass is 324 g/mol. The van der Waals surface area contributed by atoms with E-state index in [0.717, 1.165) is 0 Å². The molecule has 0 amide bonds. The predicted molar refractivity (Wildman–Crippen MR) is 46.6 cm³/mol. The Morgan fingerprint density at radius 3 is 1.25 bits per heavy atom. The summed E-state index contributed by atoms with van der Waals surface area (Å²) in [4.78, 5) is 0. The van der Waals surface area contributed by atoms with Gasteiger partial charge in [-0.1, -0.05) is 0 Å². The van der Waals surface area contributed by atoms with Gasteiger partial charge in [0.25, 0.3) is 5.67 Å². The van der Waals surface area contributed by atoms with E-state index in [1.54, 1.807) is 0 Å². The first-order chi connectivity index (χ1) is 8.42. The molecule has 0 bridgehead atoms. The van der Waals surface area contributed by atoms with E-state index < -0.39 is 42.8 Å². The van der Waals surface area contributed by atoms with Crippen LogP contribution in [0, 0.1) is 0 Å². The van der Waals surface area contributed by atoms with Gasteiger partial charge >= 0.3 is 24.1 Å². The molecule has 2 atom stereocenters. The average Bonchev–Trinajstić information content (AvgIpc) is 2.11. The van der Waals surface area contributed by atoms with Crippen molar-refractivity contribution in [3.05, 3.63) is 0 Å². The van der Waals surface area contributed by atoms with Crippen molar-refractivity contribution >= 4 is 0 Å². The lowest BCUT2D eigenvalue weighted by Crippen LogP contribution is -2.70. The van der Waals surface area contributed by atoms with Gasteiger partial charge in [-0.3, -0.25) is 0 Å². The third kappa shape index (κ3) is 2.82. The van der Waals surface area contributed by atoms with Crippen LogP contribution >= 0.6 is 0 Å². The van der Waals surface area contributed by atoms with Gasteiger partial charge in [0, 0.05) is 0 Å². The van der Waals surface area contributed by atoms with E-state index in [9.17, 15) is 43.9 Å². The van der Waals surface area contributed by atoms with Gasteiger partial charge in [-0.15, -0.1) is 0 Å². The van der Waals surface area contributed by atoms with E-state index in [2.05, 4.69) is 4.74 Å².